The number of hydrogen-bond donors (Lipinski definition) is 0. The van der Waals surface area contributed by atoms with E-state index in [1.165, 1.54) is 4.90 Å². The molecule has 0 aliphatic carbocycles. The number of halogens is 2. The number of likely N-dealkylation sites (N-methyl/N-ethyl adjacent to an activating group) is 1. The van der Waals surface area contributed by atoms with Crippen LogP contribution in [0, 0.1) is 0 Å². The van der Waals surface area contributed by atoms with Gasteiger partial charge in [0, 0.05) is 30.2 Å². The molecule has 0 fully saturated rings. The highest BCUT2D eigenvalue weighted by Gasteiger charge is 2.31. The third-order valence-corrected chi connectivity index (χ3v) is 5.59. The number of amides is 2. The molecule has 3 rings (SSSR count). The van der Waals surface area contributed by atoms with Crippen molar-refractivity contribution in [3.8, 4) is 0 Å². The van der Waals surface area contributed by atoms with Gasteiger partial charge in [-0.2, -0.15) is 0 Å². The van der Waals surface area contributed by atoms with Crippen LogP contribution in [0.5, 0.6) is 0 Å². The molecule has 0 saturated carbocycles. The van der Waals surface area contributed by atoms with E-state index in [4.69, 9.17) is 23.2 Å². The largest absolute Gasteiger partial charge is 0.311 e. The predicted molar refractivity (Wildman–Crippen MR) is 115 cm³/mol. The topological polar surface area (TPSA) is 43.9 Å². The van der Waals surface area contributed by atoms with E-state index < -0.39 is 0 Å². The second-order valence-electron chi connectivity index (χ2n) is 6.67. The van der Waals surface area contributed by atoms with Crippen LogP contribution >= 0.6 is 23.2 Å². The van der Waals surface area contributed by atoms with Crippen LogP contribution in [0.15, 0.2) is 36.4 Å². The molecule has 1 aliphatic rings. The van der Waals surface area contributed by atoms with Crippen molar-refractivity contribution in [2.45, 2.75) is 13.8 Å². The lowest BCUT2D eigenvalue weighted by Gasteiger charge is -2.33. The van der Waals surface area contributed by atoms with E-state index in [-0.39, 0.29) is 11.8 Å². The average Bonchev–Trinajstić information content (AvgIpc) is 2.69. The monoisotopic (exact) mass is 419 g/mol. The Balaban J connectivity index is 2.15. The highest BCUT2D eigenvalue weighted by atomic mass is 35.5. The number of anilines is 2. The van der Waals surface area contributed by atoms with E-state index >= 15 is 0 Å². The quantitative estimate of drug-likeness (QED) is 0.712. The lowest BCUT2D eigenvalue weighted by atomic mass is 10.0. The van der Waals surface area contributed by atoms with E-state index in [1.807, 2.05) is 0 Å². The van der Waals surface area contributed by atoms with Gasteiger partial charge in [0.1, 0.15) is 0 Å². The van der Waals surface area contributed by atoms with E-state index in [0.29, 0.717) is 45.6 Å². The Kier molecular flexibility index (Phi) is 6.28. The van der Waals surface area contributed by atoms with Crippen molar-refractivity contribution in [3.05, 3.63) is 57.6 Å². The van der Waals surface area contributed by atoms with Crippen LogP contribution in [0.4, 0.5) is 11.4 Å². The number of rotatable bonds is 5. The molecular formula is C21H23Cl2N3O2. The molecule has 0 spiro atoms. The fraction of sp³-hybridized carbons (Fsp3) is 0.333. The Morgan fingerprint density at radius 1 is 0.857 bits per heavy atom. The minimum Gasteiger partial charge on any atom is -0.311 e. The van der Waals surface area contributed by atoms with Crippen LogP contribution in [0.25, 0.3) is 0 Å². The van der Waals surface area contributed by atoms with Crippen molar-refractivity contribution in [3.63, 3.8) is 0 Å². The molecule has 0 radical (unpaired) electrons. The summed E-state index contributed by atoms with van der Waals surface area (Å²) in [6, 6.07) is 10.0. The molecule has 7 heteroatoms. The number of carbonyl (C=O) groups excluding carboxylic acids is 2. The lowest BCUT2D eigenvalue weighted by molar-refractivity contribution is 0.0975. The normalized spacial score (nSPS) is 14.1. The summed E-state index contributed by atoms with van der Waals surface area (Å²) in [4.78, 5) is 32.0. The molecule has 148 valence electrons. The second-order valence-corrected chi connectivity index (χ2v) is 7.54. The third-order valence-electron chi connectivity index (χ3n) is 5.12. The Hall–Kier alpha value is -2.08. The van der Waals surface area contributed by atoms with Crippen molar-refractivity contribution in [1.29, 1.82) is 0 Å². The summed E-state index contributed by atoms with van der Waals surface area (Å²) in [6.07, 6.45) is 0. The second kappa shape index (κ2) is 8.52. The first-order valence-corrected chi connectivity index (χ1v) is 10.0. The van der Waals surface area contributed by atoms with Gasteiger partial charge in [0.05, 0.1) is 22.5 Å². The fourth-order valence-electron chi connectivity index (χ4n) is 3.42. The summed E-state index contributed by atoms with van der Waals surface area (Å²) in [5.41, 5.74) is 1.90. The highest BCUT2D eigenvalue weighted by molar-refractivity contribution is 6.32. The Morgan fingerprint density at radius 3 is 1.96 bits per heavy atom. The molecule has 1 aliphatic heterocycles. The Labute approximate surface area is 175 Å². The van der Waals surface area contributed by atoms with Gasteiger partial charge in [-0.15, -0.1) is 0 Å². The van der Waals surface area contributed by atoms with Gasteiger partial charge in [-0.25, -0.2) is 0 Å². The zero-order chi connectivity index (χ0) is 20.4. The molecule has 0 bridgehead atoms. The van der Waals surface area contributed by atoms with Gasteiger partial charge < -0.3 is 14.7 Å². The summed E-state index contributed by atoms with van der Waals surface area (Å²) in [6.45, 7) is 7.08. The van der Waals surface area contributed by atoms with Crippen LogP contribution < -0.4 is 9.80 Å². The summed E-state index contributed by atoms with van der Waals surface area (Å²) >= 11 is 12.4. The molecule has 2 aromatic rings. The maximum Gasteiger partial charge on any atom is 0.260 e. The van der Waals surface area contributed by atoms with E-state index in [9.17, 15) is 9.59 Å². The lowest BCUT2D eigenvalue weighted by Crippen LogP contribution is -2.42. The zero-order valence-electron chi connectivity index (χ0n) is 16.2. The van der Waals surface area contributed by atoms with Gasteiger partial charge in [0.2, 0.25) is 0 Å². The number of nitrogens with zero attached hydrogens (tertiary/aromatic N) is 3. The maximum absolute atomic E-state index is 13.5. The van der Waals surface area contributed by atoms with Crippen molar-refractivity contribution < 1.29 is 9.59 Å². The van der Waals surface area contributed by atoms with Crippen molar-refractivity contribution in [2.75, 3.05) is 43.0 Å². The van der Waals surface area contributed by atoms with Gasteiger partial charge in [-0.3, -0.25) is 9.59 Å². The molecule has 0 aromatic heterocycles. The van der Waals surface area contributed by atoms with Gasteiger partial charge in [-0.1, -0.05) is 37.0 Å². The van der Waals surface area contributed by atoms with Crippen molar-refractivity contribution in [1.82, 2.24) is 4.90 Å². The summed E-state index contributed by atoms with van der Waals surface area (Å²) in [5.74, 6) is -0.391. The Morgan fingerprint density at radius 2 is 1.39 bits per heavy atom. The molecule has 0 unspecified atom stereocenters. The van der Waals surface area contributed by atoms with Gasteiger partial charge in [0.15, 0.2) is 0 Å². The minimum atomic E-state index is -0.212. The van der Waals surface area contributed by atoms with Gasteiger partial charge in [0.25, 0.3) is 11.8 Å². The smallest absolute Gasteiger partial charge is 0.260 e. The molecule has 0 atom stereocenters. The van der Waals surface area contributed by atoms with E-state index in [1.54, 1.807) is 48.3 Å². The summed E-state index contributed by atoms with van der Waals surface area (Å²) in [5, 5.41) is 0.949. The number of benzene rings is 2. The number of carbonyl (C=O) groups is 2. The van der Waals surface area contributed by atoms with Crippen LogP contribution in [-0.2, 0) is 0 Å². The van der Waals surface area contributed by atoms with Crippen molar-refractivity contribution in [2.24, 2.45) is 0 Å². The van der Waals surface area contributed by atoms with E-state index in [2.05, 4.69) is 18.7 Å². The molecule has 0 saturated heterocycles. The first-order chi connectivity index (χ1) is 13.4. The third kappa shape index (κ3) is 3.88. The highest BCUT2D eigenvalue weighted by Crippen LogP contribution is 2.34. The minimum absolute atomic E-state index is 0.179. The van der Waals surface area contributed by atoms with Gasteiger partial charge >= 0.3 is 0 Å². The van der Waals surface area contributed by atoms with Crippen LogP contribution in [0.2, 0.25) is 10.0 Å². The zero-order valence-corrected chi connectivity index (χ0v) is 17.7. The standard InChI is InChI=1S/C21H23Cl2N3O2/c1-4-25(5-2)10-11-26-19-13-15(23)7-9-17(19)20(27)24(3)18-12-14(22)6-8-16(18)21(26)28/h6-9,12-13H,4-5,10-11H2,1-3H3. The summed E-state index contributed by atoms with van der Waals surface area (Å²) in [7, 11) is 1.65. The van der Waals surface area contributed by atoms with E-state index in [0.717, 1.165) is 13.1 Å². The molecule has 2 amide bonds. The Bertz CT molecular complexity index is 913. The van der Waals surface area contributed by atoms with Crippen LogP contribution in [0.3, 0.4) is 0 Å². The van der Waals surface area contributed by atoms with Crippen LogP contribution in [-0.4, -0.2) is 49.9 Å². The molecule has 1 heterocycles. The average molecular weight is 420 g/mol. The number of fused-ring (bicyclic) bond motifs is 2. The fourth-order valence-corrected chi connectivity index (χ4v) is 3.75. The SMILES string of the molecule is CCN(CC)CCN1C(=O)c2ccc(Cl)cc2N(C)C(=O)c2ccc(Cl)cc21. The van der Waals surface area contributed by atoms with Gasteiger partial charge in [-0.05, 0) is 49.5 Å². The summed E-state index contributed by atoms with van der Waals surface area (Å²) < 4.78 is 0. The molecule has 28 heavy (non-hydrogen) atoms. The molecule has 2 aromatic carbocycles. The molecule has 0 N–H and O–H groups in total. The number of hydrogen-bond acceptors (Lipinski definition) is 3. The molecule has 5 nitrogen and oxygen atoms in total. The predicted octanol–water partition coefficient (Wildman–Crippen LogP) is 4.57. The van der Waals surface area contributed by atoms with Crippen molar-refractivity contribution >= 4 is 46.4 Å². The first kappa shape index (κ1) is 20.6. The first-order valence-electron chi connectivity index (χ1n) is 9.28. The van der Waals surface area contributed by atoms with Crippen LogP contribution in [0.1, 0.15) is 34.6 Å². The molecular weight excluding hydrogens is 397 g/mol. The maximum atomic E-state index is 13.5.